The highest BCUT2D eigenvalue weighted by Crippen LogP contribution is 2.08. The number of rotatable bonds is 8. The zero-order chi connectivity index (χ0) is 15.0. The Bertz CT molecular complexity index is 387. The van der Waals surface area contributed by atoms with Crippen LogP contribution in [0.5, 0.6) is 0 Å². The molecular weight excluding hydrogens is 248 g/mol. The van der Waals surface area contributed by atoms with E-state index in [1.54, 1.807) is 0 Å². The first-order valence-corrected chi connectivity index (χ1v) is 7.64. The number of amides is 1. The van der Waals surface area contributed by atoms with Crippen molar-refractivity contribution in [3.63, 3.8) is 0 Å². The van der Waals surface area contributed by atoms with Crippen molar-refractivity contribution in [1.82, 2.24) is 10.2 Å². The molecule has 0 aromatic heterocycles. The third-order valence-corrected chi connectivity index (χ3v) is 3.84. The largest absolute Gasteiger partial charge is 0.354 e. The molecule has 0 bridgehead atoms. The Morgan fingerprint density at radius 3 is 2.30 bits per heavy atom. The van der Waals surface area contributed by atoms with Crippen LogP contribution >= 0.6 is 0 Å². The maximum absolute atomic E-state index is 12.1. The molecule has 0 aliphatic carbocycles. The second-order valence-electron chi connectivity index (χ2n) is 5.41. The number of nitrogens with one attached hydrogen (secondary N) is 1. The van der Waals surface area contributed by atoms with E-state index in [0.717, 1.165) is 26.1 Å². The van der Waals surface area contributed by atoms with Crippen LogP contribution in [0.25, 0.3) is 0 Å². The SMILES string of the molecule is CCN(CC)C(C)CNC(=O)C(C)Cc1ccccc1. The van der Waals surface area contributed by atoms with E-state index < -0.39 is 0 Å². The van der Waals surface area contributed by atoms with E-state index >= 15 is 0 Å². The molecule has 2 unspecified atom stereocenters. The lowest BCUT2D eigenvalue weighted by molar-refractivity contribution is -0.124. The molecule has 0 saturated carbocycles. The van der Waals surface area contributed by atoms with Gasteiger partial charge in [0.15, 0.2) is 0 Å². The van der Waals surface area contributed by atoms with Crippen molar-refractivity contribution in [2.24, 2.45) is 5.92 Å². The molecule has 1 amide bonds. The Kier molecular flexibility index (Phi) is 7.31. The van der Waals surface area contributed by atoms with E-state index in [0.29, 0.717) is 6.04 Å². The van der Waals surface area contributed by atoms with Gasteiger partial charge in [-0.15, -0.1) is 0 Å². The zero-order valence-corrected chi connectivity index (χ0v) is 13.2. The quantitative estimate of drug-likeness (QED) is 0.792. The minimum absolute atomic E-state index is 0.0151. The lowest BCUT2D eigenvalue weighted by Crippen LogP contribution is -2.43. The van der Waals surface area contributed by atoms with Gasteiger partial charge < -0.3 is 5.32 Å². The second kappa shape index (κ2) is 8.75. The monoisotopic (exact) mass is 276 g/mol. The van der Waals surface area contributed by atoms with Crippen molar-refractivity contribution in [2.75, 3.05) is 19.6 Å². The minimum atomic E-state index is 0.0151. The number of carbonyl (C=O) groups is 1. The molecule has 0 spiro atoms. The number of hydrogen-bond donors (Lipinski definition) is 1. The maximum Gasteiger partial charge on any atom is 0.223 e. The van der Waals surface area contributed by atoms with Crippen molar-refractivity contribution in [1.29, 1.82) is 0 Å². The Balaban J connectivity index is 2.38. The number of nitrogens with zero attached hydrogens (tertiary/aromatic N) is 1. The molecule has 0 fully saturated rings. The fourth-order valence-corrected chi connectivity index (χ4v) is 2.46. The van der Waals surface area contributed by atoms with Gasteiger partial charge in [0, 0.05) is 18.5 Å². The van der Waals surface area contributed by atoms with Crippen molar-refractivity contribution in [3.05, 3.63) is 35.9 Å². The topological polar surface area (TPSA) is 32.3 Å². The predicted octanol–water partition coefficient (Wildman–Crippen LogP) is 2.71. The van der Waals surface area contributed by atoms with Gasteiger partial charge in [-0.1, -0.05) is 51.1 Å². The normalized spacial score (nSPS) is 14.1. The molecule has 1 N–H and O–H groups in total. The molecule has 3 heteroatoms. The summed E-state index contributed by atoms with van der Waals surface area (Å²) in [6, 6.07) is 10.6. The average molecular weight is 276 g/mol. The number of benzene rings is 1. The van der Waals surface area contributed by atoms with Gasteiger partial charge in [-0.3, -0.25) is 9.69 Å². The first-order valence-electron chi connectivity index (χ1n) is 7.64. The number of hydrogen-bond acceptors (Lipinski definition) is 2. The van der Waals surface area contributed by atoms with Crippen molar-refractivity contribution >= 4 is 5.91 Å². The molecule has 1 aromatic rings. The van der Waals surface area contributed by atoms with Crippen LogP contribution < -0.4 is 5.32 Å². The Hall–Kier alpha value is -1.35. The van der Waals surface area contributed by atoms with Crippen LogP contribution in [-0.2, 0) is 11.2 Å². The second-order valence-corrected chi connectivity index (χ2v) is 5.41. The summed E-state index contributed by atoms with van der Waals surface area (Å²) in [5.41, 5.74) is 1.21. The third kappa shape index (κ3) is 5.33. The van der Waals surface area contributed by atoms with E-state index in [2.05, 4.69) is 43.1 Å². The van der Waals surface area contributed by atoms with Gasteiger partial charge in [0.05, 0.1) is 0 Å². The number of carbonyl (C=O) groups excluding carboxylic acids is 1. The van der Waals surface area contributed by atoms with E-state index in [1.165, 1.54) is 5.56 Å². The smallest absolute Gasteiger partial charge is 0.223 e. The summed E-state index contributed by atoms with van der Waals surface area (Å²) in [5.74, 6) is 0.161. The minimum Gasteiger partial charge on any atom is -0.354 e. The maximum atomic E-state index is 12.1. The van der Waals surface area contributed by atoms with Crippen LogP contribution in [0.4, 0.5) is 0 Å². The molecule has 0 radical (unpaired) electrons. The zero-order valence-electron chi connectivity index (χ0n) is 13.2. The van der Waals surface area contributed by atoms with E-state index in [-0.39, 0.29) is 11.8 Å². The van der Waals surface area contributed by atoms with Crippen LogP contribution in [0.3, 0.4) is 0 Å². The Morgan fingerprint density at radius 2 is 1.75 bits per heavy atom. The van der Waals surface area contributed by atoms with Crippen molar-refractivity contribution in [2.45, 2.75) is 40.2 Å². The first kappa shape index (κ1) is 16.7. The lowest BCUT2D eigenvalue weighted by Gasteiger charge is -2.27. The standard InChI is InChI=1S/C17H28N2O/c1-5-19(6-2)15(4)13-18-17(20)14(3)12-16-10-8-7-9-11-16/h7-11,14-15H,5-6,12-13H2,1-4H3,(H,18,20). The first-order chi connectivity index (χ1) is 9.58. The summed E-state index contributed by atoms with van der Waals surface area (Å²) < 4.78 is 0. The fourth-order valence-electron chi connectivity index (χ4n) is 2.46. The van der Waals surface area contributed by atoms with E-state index in [9.17, 15) is 4.79 Å². The summed E-state index contributed by atoms with van der Waals surface area (Å²) >= 11 is 0. The van der Waals surface area contributed by atoms with Gasteiger partial charge in [0.2, 0.25) is 5.91 Å². The Labute approximate surface area is 123 Å². The average Bonchev–Trinajstić information content (AvgIpc) is 2.47. The summed E-state index contributed by atoms with van der Waals surface area (Å²) in [6.45, 7) is 11.2. The molecule has 1 rings (SSSR count). The molecule has 0 saturated heterocycles. The highest BCUT2D eigenvalue weighted by Gasteiger charge is 2.16. The molecule has 112 valence electrons. The van der Waals surface area contributed by atoms with Gasteiger partial charge in [-0.2, -0.15) is 0 Å². The summed E-state index contributed by atoms with van der Waals surface area (Å²) in [4.78, 5) is 14.5. The highest BCUT2D eigenvalue weighted by atomic mass is 16.1. The van der Waals surface area contributed by atoms with Crippen molar-refractivity contribution in [3.8, 4) is 0 Å². The van der Waals surface area contributed by atoms with E-state index in [1.807, 2.05) is 25.1 Å². The van der Waals surface area contributed by atoms with Crippen LogP contribution in [0.2, 0.25) is 0 Å². The van der Waals surface area contributed by atoms with Crippen LogP contribution in [0.1, 0.15) is 33.3 Å². The molecule has 0 aliphatic heterocycles. The van der Waals surface area contributed by atoms with Crippen molar-refractivity contribution < 1.29 is 4.79 Å². The Morgan fingerprint density at radius 1 is 1.15 bits per heavy atom. The van der Waals surface area contributed by atoms with Gasteiger partial charge in [-0.25, -0.2) is 0 Å². The highest BCUT2D eigenvalue weighted by molar-refractivity contribution is 5.78. The van der Waals surface area contributed by atoms with Crippen LogP contribution in [0, 0.1) is 5.92 Å². The van der Waals surface area contributed by atoms with Gasteiger partial charge in [-0.05, 0) is 32.0 Å². The molecule has 2 atom stereocenters. The summed E-state index contributed by atoms with van der Waals surface area (Å²) in [5, 5.41) is 3.07. The molecule has 20 heavy (non-hydrogen) atoms. The van der Waals surface area contributed by atoms with Gasteiger partial charge >= 0.3 is 0 Å². The van der Waals surface area contributed by atoms with E-state index in [4.69, 9.17) is 0 Å². The van der Waals surface area contributed by atoms with Crippen LogP contribution in [0.15, 0.2) is 30.3 Å². The summed E-state index contributed by atoms with van der Waals surface area (Å²) in [6.07, 6.45) is 0.798. The predicted molar refractivity (Wildman–Crippen MR) is 84.7 cm³/mol. The lowest BCUT2D eigenvalue weighted by atomic mass is 10.0. The number of likely N-dealkylation sites (N-methyl/N-ethyl adjacent to an activating group) is 1. The van der Waals surface area contributed by atoms with Gasteiger partial charge in [0.25, 0.3) is 0 Å². The molecule has 0 aliphatic rings. The molecule has 3 nitrogen and oxygen atoms in total. The summed E-state index contributed by atoms with van der Waals surface area (Å²) in [7, 11) is 0. The van der Waals surface area contributed by atoms with Gasteiger partial charge in [0.1, 0.15) is 0 Å². The molecule has 0 heterocycles. The fraction of sp³-hybridized carbons (Fsp3) is 0.588. The molecule has 1 aromatic carbocycles. The third-order valence-electron chi connectivity index (χ3n) is 3.84. The van der Waals surface area contributed by atoms with Crippen LogP contribution in [-0.4, -0.2) is 36.5 Å². The molecular formula is C17H28N2O.